The third-order valence-corrected chi connectivity index (χ3v) is 6.63. The van der Waals surface area contributed by atoms with E-state index in [1.54, 1.807) is 39.4 Å². The van der Waals surface area contributed by atoms with Gasteiger partial charge in [0, 0.05) is 19.6 Å². The maximum absolute atomic E-state index is 13.0. The molecule has 0 radical (unpaired) electrons. The van der Waals surface area contributed by atoms with Crippen molar-refractivity contribution >= 4 is 17.8 Å². The van der Waals surface area contributed by atoms with Crippen molar-refractivity contribution < 1.29 is 33.3 Å². The van der Waals surface area contributed by atoms with Crippen LogP contribution in [0.15, 0.2) is 30.3 Å². The molecule has 36 heavy (non-hydrogen) atoms. The second-order valence-electron chi connectivity index (χ2n) is 8.68. The second-order valence-corrected chi connectivity index (χ2v) is 8.68. The quantitative estimate of drug-likeness (QED) is 0.529. The molecule has 0 aromatic heterocycles. The minimum Gasteiger partial charge on any atom is -0.493 e. The standard InChI is InChI=1S/C26H31N3O7/c1-33-20-6-5-16(11-21(20)34-2)7-10-29-25(31)19(27-26(29)32)14-24(30)28-9-8-17-12-22(35-3)23(36-4)13-18(17)15-28/h5-6,11-13,19H,7-10,14-15H2,1-4H3,(H,27,32). The molecule has 1 unspecified atom stereocenters. The van der Waals surface area contributed by atoms with Gasteiger partial charge in [-0.1, -0.05) is 6.07 Å². The van der Waals surface area contributed by atoms with E-state index >= 15 is 0 Å². The second kappa shape index (κ2) is 10.8. The first-order chi connectivity index (χ1) is 17.4. The first kappa shape index (κ1) is 25.2. The van der Waals surface area contributed by atoms with Crippen molar-refractivity contribution in [3.63, 3.8) is 0 Å². The lowest BCUT2D eigenvalue weighted by molar-refractivity contribution is -0.136. The van der Waals surface area contributed by atoms with Crippen LogP contribution in [-0.4, -0.2) is 75.2 Å². The summed E-state index contributed by atoms with van der Waals surface area (Å²) >= 11 is 0. The molecule has 1 atom stereocenters. The molecule has 2 aromatic carbocycles. The average molecular weight is 498 g/mol. The first-order valence-electron chi connectivity index (χ1n) is 11.7. The number of imide groups is 1. The molecule has 2 aromatic rings. The zero-order valence-corrected chi connectivity index (χ0v) is 21.0. The number of hydrogen-bond acceptors (Lipinski definition) is 7. The maximum Gasteiger partial charge on any atom is 0.324 e. The zero-order chi connectivity index (χ0) is 25.8. The molecule has 0 aliphatic carbocycles. The Hall–Kier alpha value is -3.95. The van der Waals surface area contributed by atoms with Crippen molar-refractivity contribution in [2.24, 2.45) is 0 Å². The predicted octanol–water partition coefficient (Wildman–Crippen LogP) is 2.16. The molecule has 0 saturated carbocycles. The van der Waals surface area contributed by atoms with Crippen molar-refractivity contribution in [1.29, 1.82) is 0 Å². The normalized spacial score (nSPS) is 16.9. The van der Waals surface area contributed by atoms with E-state index in [2.05, 4.69) is 5.32 Å². The van der Waals surface area contributed by atoms with E-state index in [0.717, 1.165) is 21.6 Å². The van der Waals surface area contributed by atoms with Crippen LogP contribution in [0, 0.1) is 0 Å². The average Bonchev–Trinajstić information content (AvgIpc) is 3.17. The van der Waals surface area contributed by atoms with Gasteiger partial charge in [-0.15, -0.1) is 0 Å². The van der Waals surface area contributed by atoms with Crippen molar-refractivity contribution in [2.75, 3.05) is 41.5 Å². The Bertz CT molecular complexity index is 1170. The van der Waals surface area contributed by atoms with E-state index in [1.807, 2.05) is 24.3 Å². The van der Waals surface area contributed by atoms with Crippen LogP contribution in [0.3, 0.4) is 0 Å². The summed E-state index contributed by atoms with van der Waals surface area (Å²) < 4.78 is 21.3. The highest BCUT2D eigenvalue weighted by Crippen LogP contribution is 2.33. The minimum absolute atomic E-state index is 0.0833. The van der Waals surface area contributed by atoms with Gasteiger partial charge < -0.3 is 29.2 Å². The summed E-state index contributed by atoms with van der Waals surface area (Å²) in [5.74, 6) is 1.87. The number of benzene rings is 2. The van der Waals surface area contributed by atoms with E-state index in [9.17, 15) is 14.4 Å². The molecular formula is C26H31N3O7. The molecule has 0 bridgehead atoms. The van der Waals surface area contributed by atoms with Crippen LogP contribution in [0.1, 0.15) is 23.1 Å². The molecule has 4 amide bonds. The van der Waals surface area contributed by atoms with Gasteiger partial charge in [0.05, 0.1) is 34.9 Å². The summed E-state index contributed by atoms with van der Waals surface area (Å²) in [4.78, 5) is 41.3. The summed E-state index contributed by atoms with van der Waals surface area (Å²) in [6, 6.07) is 7.92. The summed E-state index contributed by atoms with van der Waals surface area (Å²) in [6.45, 7) is 1.13. The van der Waals surface area contributed by atoms with Crippen molar-refractivity contribution in [2.45, 2.75) is 31.8 Å². The lowest BCUT2D eigenvalue weighted by Crippen LogP contribution is -2.41. The van der Waals surface area contributed by atoms with Gasteiger partial charge in [0.25, 0.3) is 5.91 Å². The van der Waals surface area contributed by atoms with Crippen molar-refractivity contribution in [1.82, 2.24) is 15.1 Å². The molecule has 1 saturated heterocycles. The van der Waals surface area contributed by atoms with Crippen LogP contribution >= 0.6 is 0 Å². The lowest BCUT2D eigenvalue weighted by atomic mass is 9.98. The van der Waals surface area contributed by atoms with Gasteiger partial charge in [0.1, 0.15) is 6.04 Å². The molecule has 2 aliphatic rings. The summed E-state index contributed by atoms with van der Waals surface area (Å²) in [6.07, 6.45) is 1.04. The van der Waals surface area contributed by atoms with Crippen LogP contribution in [0.5, 0.6) is 23.0 Å². The Morgan fingerprint density at radius 3 is 2.22 bits per heavy atom. The van der Waals surface area contributed by atoms with Crippen molar-refractivity contribution in [3.05, 3.63) is 47.0 Å². The van der Waals surface area contributed by atoms with E-state index < -0.39 is 18.0 Å². The van der Waals surface area contributed by atoms with Gasteiger partial charge in [-0.3, -0.25) is 14.5 Å². The number of nitrogens with zero attached hydrogens (tertiary/aromatic N) is 2. The number of amides is 4. The molecule has 192 valence electrons. The van der Waals surface area contributed by atoms with Gasteiger partial charge in [-0.25, -0.2) is 4.79 Å². The van der Waals surface area contributed by atoms with E-state index in [4.69, 9.17) is 18.9 Å². The number of ether oxygens (including phenoxy) is 4. The fraction of sp³-hybridized carbons (Fsp3) is 0.423. The fourth-order valence-corrected chi connectivity index (χ4v) is 4.60. The number of urea groups is 1. The molecule has 1 N–H and O–H groups in total. The Morgan fingerprint density at radius 1 is 0.917 bits per heavy atom. The van der Waals surface area contributed by atoms with Crippen LogP contribution in [0.25, 0.3) is 0 Å². The summed E-state index contributed by atoms with van der Waals surface area (Å²) in [5.41, 5.74) is 2.97. The lowest BCUT2D eigenvalue weighted by Gasteiger charge is -2.30. The highest BCUT2D eigenvalue weighted by Gasteiger charge is 2.39. The number of carbonyl (C=O) groups excluding carboxylic acids is 3. The molecule has 10 nitrogen and oxygen atoms in total. The smallest absolute Gasteiger partial charge is 0.324 e. The third kappa shape index (κ3) is 5.02. The molecule has 4 rings (SSSR count). The monoisotopic (exact) mass is 497 g/mol. The Balaban J connectivity index is 1.36. The van der Waals surface area contributed by atoms with Crippen LogP contribution < -0.4 is 24.3 Å². The maximum atomic E-state index is 13.0. The van der Waals surface area contributed by atoms with Gasteiger partial charge in [-0.05, 0) is 53.8 Å². The third-order valence-electron chi connectivity index (χ3n) is 6.63. The van der Waals surface area contributed by atoms with E-state index in [0.29, 0.717) is 48.9 Å². The fourth-order valence-electron chi connectivity index (χ4n) is 4.60. The number of nitrogens with one attached hydrogen (secondary N) is 1. The predicted molar refractivity (Wildman–Crippen MR) is 131 cm³/mol. The van der Waals surface area contributed by atoms with Crippen LogP contribution in [0.4, 0.5) is 4.79 Å². The number of rotatable bonds is 9. The Morgan fingerprint density at radius 2 is 1.56 bits per heavy atom. The number of methoxy groups -OCH3 is 4. The highest BCUT2D eigenvalue weighted by atomic mass is 16.5. The molecule has 1 fully saturated rings. The van der Waals surface area contributed by atoms with E-state index in [1.165, 1.54) is 0 Å². The topological polar surface area (TPSA) is 107 Å². The molecule has 2 aliphatic heterocycles. The van der Waals surface area contributed by atoms with Crippen molar-refractivity contribution in [3.8, 4) is 23.0 Å². The SMILES string of the molecule is COc1ccc(CCN2C(=O)NC(CC(=O)N3CCc4cc(OC)c(OC)cc4C3)C2=O)cc1OC. The number of fused-ring (bicyclic) bond motifs is 1. The molecule has 0 spiro atoms. The van der Waals surface area contributed by atoms with E-state index in [-0.39, 0.29) is 18.9 Å². The summed E-state index contributed by atoms with van der Waals surface area (Å²) in [7, 11) is 6.27. The number of carbonyl (C=O) groups is 3. The van der Waals surface area contributed by atoms with Gasteiger partial charge >= 0.3 is 6.03 Å². The Kier molecular flexibility index (Phi) is 7.52. The summed E-state index contributed by atoms with van der Waals surface area (Å²) in [5, 5.41) is 2.66. The van der Waals surface area contributed by atoms with Gasteiger partial charge in [-0.2, -0.15) is 0 Å². The van der Waals surface area contributed by atoms with Crippen LogP contribution in [-0.2, 0) is 29.0 Å². The highest BCUT2D eigenvalue weighted by molar-refractivity contribution is 6.05. The Labute approximate surface area is 210 Å². The number of hydrogen-bond donors (Lipinski definition) is 1. The molecule has 2 heterocycles. The van der Waals surface area contributed by atoms with Gasteiger partial charge in [0.2, 0.25) is 5.91 Å². The van der Waals surface area contributed by atoms with Gasteiger partial charge in [0.15, 0.2) is 23.0 Å². The zero-order valence-electron chi connectivity index (χ0n) is 21.0. The molecular weight excluding hydrogens is 466 g/mol. The minimum atomic E-state index is -0.873. The largest absolute Gasteiger partial charge is 0.493 e. The van der Waals surface area contributed by atoms with Crippen LogP contribution in [0.2, 0.25) is 0 Å². The molecule has 10 heteroatoms. The first-order valence-corrected chi connectivity index (χ1v) is 11.7.